The molecule has 3 N–H and O–H groups in total. The number of aliphatic hydroxyl groups is 1. The first-order chi connectivity index (χ1) is 17.3. The molecule has 0 atom stereocenters. The Labute approximate surface area is 214 Å². The summed E-state index contributed by atoms with van der Waals surface area (Å²) < 4.78 is 18.2. The van der Waals surface area contributed by atoms with Gasteiger partial charge in [0.05, 0.1) is 18.2 Å². The summed E-state index contributed by atoms with van der Waals surface area (Å²) in [5, 5.41) is 16.9. The summed E-state index contributed by atoms with van der Waals surface area (Å²) in [6, 6.07) is 11.5. The van der Waals surface area contributed by atoms with Crippen LogP contribution in [-0.2, 0) is 0 Å². The number of primary amides is 1. The van der Waals surface area contributed by atoms with E-state index in [0.29, 0.717) is 24.3 Å². The third-order valence-corrected chi connectivity index (χ3v) is 6.00. The predicted octanol–water partition coefficient (Wildman–Crippen LogP) is 3.65. The van der Waals surface area contributed by atoms with Crippen LogP contribution < -0.4 is 10.5 Å². The van der Waals surface area contributed by atoms with Crippen molar-refractivity contribution in [3.05, 3.63) is 64.5 Å². The van der Waals surface area contributed by atoms with Crippen molar-refractivity contribution in [2.75, 3.05) is 52.5 Å². The zero-order valence-corrected chi connectivity index (χ0v) is 21.5. The highest BCUT2D eigenvalue weighted by Crippen LogP contribution is 2.17. The van der Waals surface area contributed by atoms with E-state index >= 15 is 0 Å². The number of ether oxygens (including phenoxy) is 1. The van der Waals surface area contributed by atoms with Gasteiger partial charge >= 0.3 is 0 Å². The summed E-state index contributed by atoms with van der Waals surface area (Å²) in [6.07, 6.45) is 5.21. The maximum atomic E-state index is 12.5. The van der Waals surface area contributed by atoms with E-state index in [1.807, 2.05) is 19.1 Å². The van der Waals surface area contributed by atoms with Crippen LogP contribution in [0.15, 0.2) is 36.4 Å². The van der Waals surface area contributed by atoms with Gasteiger partial charge in [0.15, 0.2) is 0 Å². The molecule has 0 saturated carbocycles. The minimum Gasteiger partial charge on any atom is -0.492 e. The minimum absolute atomic E-state index is 0.319. The fourth-order valence-electron chi connectivity index (χ4n) is 4.22. The first-order valence-corrected chi connectivity index (χ1v) is 12.6. The highest BCUT2D eigenvalue weighted by molar-refractivity contribution is 5.93. The van der Waals surface area contributed by atoms with Crippen LogP contribution in [-0.4, -0.2) is 73.3 Å². The van der Waals surface area contributed by atoms with Gasteiger partial charge in [0.25, 0.3) is 0 Å². The number of hydrogen-bond donors (Lipinski definition) is 2. The molecular weight excluding hydrogens is 459 g/mol. The zero-order valence-electron chi connectivity index (χ0n) is 21.5. The summed E-state index contributed by atoms with van der Waals surface area (Å²) in [5.41, 5.74) is 7.92. The molecule has 0 spiro atoms. The molecule has 196 valence electrons. The molecule has 7 nitrogen and oxygen atoms in total. The Hall–Kier alpha value is -2.99. The Bertz CT molecular complexity index is 977. The number of benzene rings is 2. The fourth-order valence-corrected chi connectivity index (χ4v) is 4.22. The summed E-state index contributed by atoms with van der Waals surface area (Å²) in [5.74, 6) is -0.0392. The first-order valence-electron chi connectivity index (χ1n) is 12.6. The second kappa shape index (κ2) is 15.9. The maximum Gasteiger partial charge on any atom is 0.248 e. The van der Waals surface area contributed by atoms with Crippen LogP contribution in [0, 0.1) is 31.0 Å². The van der Waals surface area contributed by atoms with Crippen molar-refractivity contribution in [1.29, 1.82) is 5.26 Å². The van der Waals surface area contributed by atoms with Crippen molar-refractivity contribution in [3.63, 3.8) is 0 Å². The molecule has 2 aromatic rings. The van der Waals surface area contributed by atoms with Crippen LogP contribution in [0.3, 0.4) is 0 Å². The van der Waals surface area contributed by atoms with Crippen molar-refractivity contribution >= 4 is 5.91 Å². The van der Waals surface area contributed by atoms with Crippen LogP contribution in [0.1, 0.15) is 52.7 Å². The van der Waals surface area contributed by atoms with E-state index in [-0.39, 0.29) is 5.82 Å². The third kappa shape index (κ3) is 11.2. The summed E-state index contributed by atoms with van der Waals surface area (Å²) >= 11 is 0. The van der Waals surface area contributed by atoms with Crippen molar-refractivity contribution in [3.8, 4) is 11.8 Å². The lowest BCUT2D eigenvalue weighted by Crippen LogP contribution is -2.25. The number of nitrogens with two attached hydrogens (primary N) is 1. The molecule has 2 aromatic carbocycles. The predicted molar refractivity (Wildman–Crippen MR) is 139 cm³/mol. The molecule has 8 heteroatoms. The van der Waals surface area contributed by atoms with Gasteiger partial charge in [-0.25, -0.2) is 4.39 Å². The minimum atomic E-state index is -0.414. The molecule has 0 aliphatic carbocycles. The molecule has 36 heavy (non-hydrogen) atoms. The number of rotatable bonds is 7. The lowest BCUT2D eigenvalue weighted by molar-refractivity contribution is 0.0999. The van der Waals surface area contributed by atoms with Crippen LogP contribution in [0.5, 0.6) is 5.75 Å². The second-order valence-corrected chi connectivity index (χ2v) is 9.20. The van der Waals surface area contributed by atoms with Crippen LogP contribution in [0.25, 0.3) is 0 Å². The quantitative estimate of drug-likeness (QED) is 0.604. The van der Waals surface area contributed by atoms with Gasteiger partial charge < -0.3 is 20.5 Å². The Morgan fingerprint density at radius 1 is 0.972 bits per heavy atom. The van der Waals surface area contributed by atoms with Crippen molar-refractivity contribution in [1.82, 2.24) is 9.80 Å². The van der Waals surface area contributed by atoms with E-state index in [2.05, 4.69) is 9.80 Å². The number of nitriles is 1. The van der Waals surface area contributed by atoms with E-state index in [9.17, 15) is 9.18 Å². The van der Waals surface area contributed by atoms with Gasteiger partial charge in [0, 0.05) is 18.7 Å². The van der Waals surface area contributed by atoms with Gasteiger partial charge in [0.2, 0.25) is 5.91 Å². The van der Waals surface area contributed by atoms with Gasteiger partial charge in [-0.1, -0.05) is 0 Å². The largest absolute Gasteiger partial charge is 0.492 e. The standard InChI is InChI=1S/C14H20N2O2.C8H6FN.C6H13NO/c1-11-8-12(14(15)17)10-13(9-11)18-7-6-16-4-2-3-5-16;1-6-2-7(5-10)4-8(9)3-6;8-6-5-7-3-1-2-4-7/h8-10H,2-7H2,1H3,(H2,15,17);2-4H,1H3;8H,1-6H2. The smallest absolute Gasteiger partial charge is 0.248 e. The normalized spacial score (nSPS) is 15.3. The average Bonchev–Trinajstić information content (AvgIpc) is 3.54. The number of aryl methyl sites for hydroxylation is 2. The monoisotopic (exact) mass is 498 g/mol. The van der Waals surface area contributed by atoms with Gasteiger partial charge in [-0.15, -0.1) is 0 Å². The molecule has 2 heterocycles. The van der Waals surface area contributed by atoms with E-state index < -0.39 is 5.91 Å². The van der Waals surface area contributed by atoms with Crippen molar-refractivity contribution < 1.29 is 19.0 Å². The number of aliphatic hydroxyl groups excluding tert-OH is 1. The van der Waals surface area contributed by atoms with Crippen molar-refractivity contribution in [2.24, 2.45) is 5.73 Å². The molecule has 0 radical (unpaired) electrons. The first kappa shape index (κ1) is 29.2. The number of likely N-dealkylation sites (tertiary alicyclic amines) is 2. The fraction of sp³-hybridized carbons (Fsp3) is 0.500. The molecule has 2 fully saturated rings. The van der Waals surface area contributed by atoms with Gasteiger partial charge in [-0.05, 0) is 113 Å². The SMILES string of the molecule is Cc1cc(F)cc(C#N)c1.Cc1cc(OCCN2CCCC2)cc(C(N)=O)c1.OCCN1CCCC1. The molecule has 4 rings (SSSR count). The van der Waals surface area contributed by atoms with Crippen LogP contribution >= 0.6 is 0 Å². The summed E-state index contributed by atoms with van der Waals surface area (Å²) in [6.45, 7) is 11.2. The number of nitrogens with zero attached hydrogens (tertiary/aromatic N) is 3. The van der Waals surface area contributed by atoms with E-state index in [0.717, 1.165) is 30.0 Å². The molecule has 1 amide bonds. The van der Waals surface area contributed by atoms with Gasteiger partial charge in [0.1, 0.15) is 18.2 Å². The molecule has 2 aliphatic heterocycles. The number of halogens is 1. The Kier molecular flexibility index (Phi) is 12.9. The molecular formula is C28H39FN4O3. The highest BCUT2D eigenvalue weighted by Gasteiger charge is 2.11. The Morgan fingerprint density at radius 2 is 1.56 bits per heavy atom. The van der Waals surface area contributed by atoms with Gasteiger partial charge in [-0.3, -0.25) is 9.69 Å². The van der Waals surface area contributed by atoms with Crippen LogP contribution in [0.4, 0.5) is 4.39 Å². The van der Waals surface area contributed by atoms with E-state index in [4.69, 9.17) is 20.8 Å². The Morgan fingerprint density at radius 3 is 2.08 bits per heavy atom. The van der Waals surface area contributed by atoms with Crippen molar-refractivity contribution in [2.45, 2.75) is 39.5 Å². The molecule has 0 bridgehead atoms. The molecule has 0 aromatic heterocycles. The third-order valence-electron chi connectivity index (χ3n) is 6.00. The maximum absolute atomic E-state index is 12.5. The average molecular weight is 499 g/mol. The number of carbonyl (C=O) groups excluding carboxylic acids is 1. The van der Waals surface area contributed by atoms with Gasteiger partial charge in [-0.2, -0.15) is 5.26 Å². The van der Waals surface area contributed by atoms with E-state index in [1.165, 1.54) is 64.0 Å². The molecule has 2 aliphatic rings. The lowest BCUT2D eigenvalue weighted by atomic mass is 10.1. The molecule has 2 saturated heterocycles. The number of carbonyl (C=O) groups is 1. The highest BCUT2D eigenvalue weighted by atomic mass is 19.1. The Balaban J connectivity index is 0.000000213. The zero-order chi connectivity index (χ0) is 26.3. The number of β-amino-alcohol motifs (C(OH)–C–C–N with tert-alkyl or cyclic N) is 1. The summed E-state index contributed by atoms with van der Waals surface area (Å²) in [7, 11) is 0. The lowest BCUT2D eigenvalue weighted by Gasteiger charge is -2.15. The topological polar surface area (TPSA) is 103 Å². The number of hydrogen-bond acceptors (Lipinski definition) is 6. The van der Waals surface area contributed by atoms with Crippen LogP contribution in [0.2, 0.25) is 0 Å². The molecule has 0 unspecified atom stereocenters. The number of amides is 1. The second-order valence-electron chi connectivity index (χ2n) is 9.20. The van der Waals surface area contributed by atoms with E-state index in [1.54, 1.807) is 25.1 Å². The summed E-state index contributed by atoms with van der Waals surface area (Å²) in [4.78, 5) is 15.8.